The summed E-state index contributed by atoms with van der Waals surface area (Å²) in [5.41, 5.74) is 2.38. The second-order valence-corrected chi connectivity index (χ2v) is 11.4. The maximum Gasteiger partial charge on any atom is 0.150 e. The van der Waals surface area contributed by atoms with E-state index in [1.165, 1.54) is 10.4 Å². The highest BCUT2D eigenvalue weighted by molar-refractivity contribution is 7.91. The van der Waals surface area contributed by atoms with E-state index in [1.807, 2.05) is 26.0 Å². The van der Waals surface area contributed by atoms with Crippen LogP contribution in [0, 0.1) is 5.92 Å². The minimum Gasteiger partial charge on any atom is -0.308 e. The fraction of sp³-hybridized carbons (Fsp3) is 0.550. The smallest absolute Gasteiger partial charge is 0.150 e. The number of fused-ring (bicyclic) bond motifs is 1. The van der Waals surface area contributed by atoms with E-state index in [0.717, 1.165) is 41.5 Å². The van der Waals surface area contributed by atoms with Gasteiger partial charge in [-0.25, -0.2) is 13.4 Å². The van der Waals surface area contributed by atoms with Crippen molar-refractivity contribution >= 4 is 32.8 Å². The van der Waals surface area contributed by atoms with Crippen LogP contribution in [0.2, 0.25) is 5.02 Å². The van der Waals surface area contributed by atoms with Crippen molar-refractivity contribution in [2.24, 2.45) is 5.92 Å². The molecule has 2 heterocycles. The van der Waals surface area contributed by atoms with Gasteiger partial charge in [-0.2, -0.15) is 0 Å². The molecule has 3 rings (SSSR count). The summed E-state index contributed by atoms with van der Waals surface area (Å²) in [6.45, 7) is 4.84. The van der Waals surface area contributed by atoms with Crippen molar-refractivity contribution in [2.75, 3.05) is 18.1 Å². The quantitative estimate of drug-likeness (QED) is 0.686. The third-order valence-corrected chi connectivity index (χ3v) is 8.16. The van der Waals surface area contributed by atoms with E-state index in [-0.39, 0.29) is 23.5 Å². The summed E-state index contributed by atoms with van der Waals surface area (Å²) in [5, 5.41) is 5.38. The molecule has 1 aromatic carbocycles. The van der Waals surface area contributed by atoms with E-state index in [1.54, 1.807) is 11.3 Å². The lowest BCUT2D eigenvalue weighted by molar-refractivity contribution is 0.495. The minimum absolute atomic E-state index is 0.182. The van der Waals surface area contributed by atoms with E-state index in [9.17, 15) is 8.42 Å². The Bertz CT molecular complexity index is 861. The van der Waals surface area contributed by atoms with Crippen molar-refractivity contribution in [3.63, 3.8) is 0 Å². The van der Waals surface area contributed by atoms with Gasteiger partial charge in [0, 0.05) is 22.9 Å². The van der Waals surface area contributed by atoms with E-state index >= 15 is 0 Å². The van der Waals surface area contributed by atoms with Gasteiger partial charge in [-0.1, -0.05) is 37.6 Å². The molecule has 1 N–H and O–H groups in total. The van der Waals surface area contributed by atoms with Crippen molar-refractivity contribution in [1.82, 2.24) is 10.3 Å². The zero-order valence-electron chi connectivity index (χ0n) is 15.9. The summed E-state index contributed by atoms with van der Waals surface area (Å²) in [4.78, 5) is 6.20. The first-order valence-corrected chi connectivity index (χ1v) is 12.5. The topological polar surface area (TPSA) is 59.1 Å². The molecule has 0 bridgehead atoms. The number of halogens is 1. The number of aromatic nitrogens is 1. The molecule has 0 spiro atoms. The molecular formula is C20H27ClN2O2S2. The molecule has 4 nitrogen and oxygen atoms in total. The lowest BCUT2D eigenvalue weighted by Gasteiger charge is -2.23. The standard InChI is InChI=1S/C20H27ClN2O2S2/c1-14(2)13-27(24,25)11-3-4-19-23-20-17(22-10-9-18(20)26-19)12-15-5-7-16(21)8-6-15/h5-8,14,17,22H,3-4,9-13H2,1-2H3. The fourth-order valence-corrected chi connectivity index (χ4v) is 6.55. The van der Waals surface area contributed by atoms with Gasteiger partial charge in [0.2, 0.25) is 0 Å². The average molecular weight is 427 g/mol. The predicted molar refractivity (Wildman–Crippen MR) is 114 cm³/mol. The monoisotopic (exact) mass is 426 g/mol. The molecule has 27 heavy (non-hydrogen) atoms. The molecule has 0 aliphatic carbocycles. The van der Waals surface area contributed by atoms with Gasteiger partial charge in [0.1, 0.15) is 0 Å². The Balaban J connectivity index is 1.62. The van der Waals surface area contributed by atoms with Crippen molar-refractivity contribution in [2.45, 2.75) is 45.6 Å². The van der Waals surface area contributed by atoms with E-state index in [2.05, 4.69) is 17.4 Å². The molecular weight excluding hydrogens is 400 g/mol. The lowest BCUT2D eigenvalue weighted by Crippen LogP contribution is -2.30. The van der Waals surface area contributed by atoms with Gasteiger partial charge in [0.05, 0.1) is 28.2 Å². The number of hydrogen-bond acceptors (Lipinski definition) is 5. The zero-order chi connectivity index (χ0) is 19.4. The largest absolute Gasteiger partial charge is 0.308 e. The lowest BCUT2D eigenvalue weighted by atomic mass is 9.99. The van der Waals surface area contributed by atoms with E-state index < -0.39 is 9.84 Å². The maximum atomic E-state index is 12.1. The van der Waals surface area contributed by atoms with Crippen LogP contribution in [-0.4, -0.2) is 31.5 Å². The van der Waals surface area contributed by atoms with Crippen LogP contribution in [0.5, 0.6) is 0 Å². The number of thiazole rings is 1. The van der Waals surface area contributed by atoms with Crippen LogP contribution < -0.4 is 5.32 Å². The first-order valence-electron chi connectivity index (χ1n) is 9.49. The molecule has 0 amide bonds. The number of nitrogens with one attached hydrogen (secondary N) is 1. The number of aryl methyl sites for hydroxylation is 1. The maximum absolute atomic E-state index is 12.1. The Labute approximate surface area is 171 Å². The van der Waals surface area contributed by atoms with Gasteiger partial charge in [-0.05, 0) is 42.9 Å². The molecule has 1 aliphatic rings. The molecule has 1 unspecified atom stereocenters. The molecule has 1 aliphatic heterocycles. The molecule has 1 atom stereocenters. The molecule has 0 fully saturated rings. The summed E-state index contributed by atoms with van der Waals surface area (Å²) in [6.07, 6.45) is 3.27. The zero-order valence-corrected chi connectivity index (χ0v) is 18.3. The molecule has 148 valence electrons. The highest BCUT2D eigenvalue weighted by Crippen LogP contribution is 2.30. The van der Waals surface area contributed by atoms with Crippen molar-refractivity contribution in [1.29, 1.82) is 0 Å². The summed E-state index contributed by atoms with van der Waals surface area (Å²) >= 11 is 7.73. The van der Waals surface area contributed by atoms with Crippen LogP contribution in [0.3, 0.4) is 0 Å². The van der Waals surface area contributed by atoms with Gasteiger partial charge in [0.25, 0.3) is 0 Å². The number of nitrogens with zero attached hydrogens (tertiary/aromatic N) is 1. The van der Waals surface area contributed by atoms with Crippen LogP contribution in [0.25, 0.3) is 0 Å². The highest BCUT2D eigenvalue weighted by Gasteiger charge is 2.24. The SMILES string of the molecule is CC(C)CS(=O)(=O)CCCc1nc2c(s1)CCNC2Cc1ccc(Cl)cc1. The first-order chi connectivity index (χ1) is 12.8. The summed E-state index contributed by atoms with van der Waals surface area (Å²) in [5.74, 6) is 0.706. The van der Waals surface area contributed by atoms with Crippen LogP contribution in [-0.2, 0) is 29.1 Å². The van der Waals surface area contributed by atoms with Crippen LogP contribution >= 0.6 is 22.9 Å². The predicted octanol–water partition coefficient (Wildman–Crippen LogP) is 4.23. The fourth-order valence-electron chi connectivity index (χ4n) is 3.49. The summed E-state index contributed by atoms with van der Waals surface area (Å²) < 4.78 is 24.1. The number of sulfone groups is 1. The van der Waals surface area contributed by atoms with Crippen molar-refractivity contribution < 1.29 is 8.42 Å². The Kier molecular flexibility index (Phi) is 6.95. The van der Waals surface area contributed by atoms with Crippen molar-refractivity contribution in [3.05, 3.63) is 50.4 Å². The Morgan fingerprint density at radius 3 is 2.74 bits per heavy atom. The number of rotatable bonds is 8. The second-order valence-electron chi connectivity index (χ2n) is 7.62. The van der Waals surface area contributed by atoms with Crippen LogP contribution in [0.15, 0.2) is 24.3 Å². The van der Waals surface area contributed by atoms with Crippen molar-refractivity contribution in [3.8, 4) is 0 Å². The third-order valence-electron chi connectivity index (χ3n) is 4.63. The summed E-state index contributed by atoms with van der Waals surface area (Å²) in [6, 6.07) is 8.18. The minimum atomic E-state index is -2.95. The first kappa shape index (κ1) is 20.8. The van der Waals surface area contributed by atoms with Gasteiger partial charge in [-0.15, -0.1) is 11.3 Å². The Morgan fingerprint density at radius 1 is 1.30 bits per heavy atom. The second kappa shape index (κ2) is 9.03. The van der Waals surface area contributed by atoms with E-state index in [4.69, 9.17) is 16.6 Å². The third kappa shape index (κ3) is 6.01. The Morgan fingerprint density at radius 2 is 2.04 bits per heavy atom. The van der Waals surface area contributed by atoms with Crippen LogP contribution in [0.4, 0.5) is 0 Å². The van der Waals surface area contributed by atoms with Gasteiger partial charge < -0.3 is 5.32 Å². The van der Waals surface area contributed by atoms with Gasteiger partial charge in [0.15, 0.2) is 9.84 Å². The number of benzene rings is 1. The Hall–Kier alpha value is -0.950. The molecule has 0 radical (unpaired) electrons. The average Bonchev–Trinajstić information content (AvgIpc) is 2.99. The molecule has 1 aromatic heterocycles. The van der Waals surface area contributed by atoms with Crippen LogP contribution in [0.1, 0.15) is 47.5 Å². The normalized spacial score (nSPS) is 17.3. The molecule has 7 heteroatoms. The summed E-state index contributed by atoms with van der Waals surface area (Å²) in [7, 11) is -2.95. The number of hydrogen-bond donors (Lipinski definition) is 1. The van der Waals surface area contributed by atoms with E-state index in [0.29, 0.717) is 6.42 Å². The van der Waals surface area contributed by atoms with Gasteiger partial charge in [-0.3, -0.25) is 0 Å². The van der Waals surface area contributed by atoms with Gasteiger partial charge >= 0.3 is 0 Å². The highest BCUT2D eigenvalue weighted by atomic mass is 35.5. The molecule has 0 saturated carbocycles. The molecule has 2 aromatic rings. The molecule has 0 saturated heterocycles.